The van der Waals surface area contributed by atoms with E-state index in [1.165, 1.54) is 6.07 Å². The minimum absolute atomic E-state index is 0.208. The van der Waals surface area contributed by atoms with Gasteiger partial charge in [0.05, 0.1) is 18.5 Å². The summed E-state index contributed by atoms with van der Waals surface area (Å²) in [6.07, 6.45) is 0. The lowest BCUT2D eigenvalue weighted by molar-refractivity contribution is 0.417. The highest BCUT2D eigenvalue weighted by atomic mass is 16.5. The van der Waals surface area contributed by atoms with Crippen LogP contribution in [0.1, 0.15) is 5.56 Å². The van der Waals surface area contributed by atoms with Crippen LogP contribution in [0.4, 0.5) is 5.69 Å². The lowest BCUT2D eigenvalue weighted by Crippen LogP contribution is -2.08. The molecule has 1 aromatic heterocycles. The van der Waals surface area contributed by atoms with Crippen molar-refractivity contribution in [3.8, 4) is 28.4 Å². The Morgan fingerprint density at radius 3 is 2.39 bits per heavy atom. The maximum atomic E-state index is 12.0. The lowest BCUT2D eigenvalue weighted by atomic mass is 10.1. The van der Waals surface area contributed by atoms with Gasteiger partial charge in [-0.3, -0.25) is 4.79 Å². The van der Waals surface area contributed by atoms with Gasteiger partial charge in [-0.15, -0.1) is 0 Å². The number of aryl methyl sites for hydroxylation is 1. The molecule has 0 amide bonds. The molecule has 0 aliphatic carbocycles. The van der Waals surface area contributed by atoms with Gasteiger partial charge in [-0.25, -0.2) is 4.98 Å². The normalized spacial score (nSPS) is 10.5. The monoisotopic (exact) mass is 307 g/mol. The van der Waals surface area contributed by atoms with Gasteiger partial charge in [0, 0.05) is 17.2 Å². The third kappa shape index (κ3) is 3.08. The van der Waals surface area contributed by atoms with Crippen molar-refractivity contribution >= 4 is 5.69 Å². The van der Waals surface area contributed by atoms with Crippen molar-refractivity contribution in [1.82, 2.24) is 9.97 Å². The number of ether oxygens (including phenoxy) is 1. The Hall–Kier alpha value is -3.08. The molecule has 5 heteroatoms. The van der Waals surface area contributed by atoms with Crippen LogP contribution in [-0.4, -0.2) is 17.1 Å². The van der Waals surface area contributed by atoms with Crippen LogP contribution in [0.3, 0.4) is 0 Å². The first kappa shape index (κ1) is 14.8. The van der Waals surface area contributed by atoms with Crippen LogP contribution in [0.2, 0.25) is 0 Å². The van der Waals surface area contributed by atoms with Crippen molar-refractivity contribution in [3.05, 3.63) is 64.4 Å². The number of anilines is 1. The molecule has 116 valence electrons. The molecule has 0 atom stereocenters. The molecule has 0 aliphatic rings. The lowest BCUT2D eigenvalue weighted by Gasteiger charge is -2.08. The van der Waals surface area contributed by atoms with Gasteiger partial charge in [-0.2, -0.15) is 0 Å². The SMILES string of the molecule is COc1ccc(-c2cc(=O)[nH]c(-c3ccc(C)cc3)n2)cc1N. The van der Waals surface area contributed by atoms with E-state index in [4.69, 9.17) is 10.5 Å². The fraction of sp³-hybridized carbons (Fsp3) is 0.111. The highest BCUT2D eigenvalue weighted by Crippen LogP contribution is 2.27. The van der Waals surface area contributed by atoms with E-state index in [0.717, 1.165) is 16.7 Å². The predicted molar refractivity (Wildman–Crippen MR) is 91.4 cm³/mol. The molecule has 5 nitrogen and oxygen atoms in total. The Morgan fingerprint density at radius 1 is 1.04 bits per heavy atom. The van der Waals surface area contributed by atoms with Crippen molar-refractivity contribution in [1.29, 1.82) is 0 Å². The smallest absolute Gasteiger partial charge is 0.251 e. The number of benzene rings is 2. The van der Waals surface area contributed by atoms with Crippen molar-refractivity contribution in [2.45, 2.75) is 6.92 Å². The topological polar surface area (TPSA) is 81.0 Å². The molecule has 0 bridgehead atoms. The Labute approximate surface area is 133 Å². The second-order valence-corrected chi connectivity index (χ2v) is 5.30. The maximum Gasteiger partial charge on any atom is 0.251 e. The van der Waals surface area contributed by atoms with Crippen molar-refractivity contribution in [3.63, 3.8) is 0 Å². The summed E-state index contributed by atoms with van der Waals surface area (Å²) in [4.78, 5) is 19.3. The molecule has 0 aliphatic heterocycles. The van der Waals surface area contributed by atoms with Crippen LogP contribution in [-0.2, 0) is 0 Å². The number of H-pyrrole nitrogens is 1. The molecule has 23 heavy (non-hydrogen) atoms. The summed E-state index contributed by atoms with van der Waals surface area (Å²) in [5, 5.41) is 0. The van der Waals surface area contributed by atoms with E-state index in [1.807, 2.05) is 37.3 Å². The molecule has 0 unspecified atom stereocenters. The van der Waals surface area contributed by atoms with E-state index in [0.29, 0.717) is 23.0 Å². The highest BCUT2D eigenvalue weighted by molar-refractivity contribution is 5.69. The maximum absolute atomic E-state index is 12.0. The fourth-order valence-electron chi connectivity index (χ4n) is 2.35. The molecule has 0 spiro atoms. The van der Waals surface area contributed by atoms with Crippen LogP contribution in [0, 0.1) is 6.92 Å². The Morgan fingerprint density at radius 2 is 1.74 bits per heavy atom. The van der Waals surface area contributed by atoms with Crippen molar-refractivity contribution in [2.75, 3.05) is 12.8 Å². The second-order valence-electron chi connectivity index (χ2n) is 5.30. The summed E-state index contributed by atoms with van der Waals surface area (Å²) in [5.74, 6) is 1.12. The van der Waals surface area contributed by atoms with Gasteiger partial charge in [0.2, 0.25) is 0 Å². The molecular formula is C18H17N3O2. The van der Waals surface area contributed by atoms with E-state index < -0.39 is 0 Å². The summed E-state index contributed by atoms with van der Waals surface area (Å²) in [5.41, 5.74) is 9.57. The number of rotatable bonds is 3. The molecule has 3 aromatic rings. The first-order valence-corrected chi connectivity index (χ1v) is 7.19. The zero-order valence-electron chi connectivity index (χ0n) is 13.0. The number of nitrogens with zero attached hydrogens (tertiary/aromatic N) is 1. The van der Waals surface area contributed by atoms with E-state index in [1.54, 1.807) is 19.2 Å². The zero-order valence-corrected chi connectivity index (χ0v) is 13.0. The van der Waals surface area contributed by atoms with Crippen molar-refractivity contribution < 1.29 is 4.74 Å². The molecule has 0 radical (unpaired) electrons. The fourth-order valence-corrected chi connectivity index (χ4v) is 2.35. The number of hydrogen-bond donors (Lipinski definition) is 2. The highest BCUT2D eigenvalue weighted by Gasteiger charge is 2.08. The average Bonchev–Trinajstić information content (AvgIpc) is 2.55. The third-order valence-electron chi connectivity index (χ3n) is 3.59. The van der Waals surface area contributed by atoms with Crippen LogP contribution < -0.4 is 16.0 Å². The quantitative estimate of drug-likeness (QED) is 0.729. The number of aromatic nitrogens is 2. The number of nitrogens with one attached hydrogen (secondary N) is 1. The summed E-state index contributed by atoms with van der Waals surface area (Å²) < 4.78 is 5.15. The van der Waals surface area contributed by atoms with Crippen LogP contribution in [0.25, 0.3) is 22.6 Å². The largest absolute Gasteiger partial charge is 0.495 e. The number of aromatic amines is 1. The van der Waals surface area contributed by atoms with Crippen LogP contribution in [0.5, 0.6) is 5.75 Å². The van der Waals surface area contributed by atoms with Gasteiger partial charge in [-0.1, -0.05) is 29.8 Å². The van der Waals surface area contributed by atoms with E-state index >= 15 is 0 Å². The molecule has 0 saturated carbocycles. The van der Waals surface area contributed by atoms with Crippen LogP contribution in [0.15, 0.2) is 53.3 Å². The molecule has 0 fully saturated rings. The predicted octanol–water partition coefficient (Wildman–Crippen LogP) is 3.00. The third-order valence-corrected chi connectivity index (χ3v) is 3.59. The second kappa shape index (κ2) is 5.96. The summed E-state index contributed by atoms with van der Waals surface area (Å²) in [6.45, 7) is 2.01. The summed E-state index contributed by atoms with van der Waals surface area (Å²) >= 11 is 0. The average molecular weight is 307 g/mol. The zero-order chi connectivity index (χ0) is 16.4. The Balaban J connectivity index is 2.09. The minimum Gasteiger partial charge on any atom is -0.495 e. The minimum atomic E-state index is -0.208. The van der Waals surface area contributed by atoms with Gasteiger partial charge in [0.15, 0.2) is 0 Å². The number of hydrogen-bond acceptors (Lipinski definition) is 4. The van der Waals surface area contributed by atoms with E-state index in [2.05, 4.69) is 9.97 Å². The van der Waals surface area contributed by atoms with E-state index in [-0.39, 0.29) is 5.56 Å². The van der Waals surface area contributed by atoms with Crippen LogP contribution >= 0.6 is 0 Å². The molecule has 0 saturated heterocycles. The number of methoxy groups -OCH3 is 1. The van der Waals surface area contributed by atoms with Gasteiger partial charge in [0.1, 0.15) is 11.6 Å². The molecule has 2 aromatic carbocycles. The first-order valence-electron chi connectivity index (χ1n) is 7.19. The summed E-state index contributed by atoms with van der Waals surface area (Å²) in [7, 11) is 1.56. The first-order chi connectivity index (χ1) is 11.1. The molecule has 1 heterocycles. The molecule has 3 rings (SSSR count). The Kier molecular flexibility index (Phi) is 3.85. The van der Waals surface area contributed by atoms with Gasteiger partial charge in [-0.05, 0) is 25.1 Å². The van der Waals surface area contributed by atoms with E-state index in [9.17, 15) is 4.79 Å². The standard InChI is InChI=1S/C18H17N3O2/c1-11-3-5-12(6-4-11)18-20-15(10-17(22)21-18)13-7-8-16(23-2)14(19)9-13/h3-10H,19H2,1-2H3,(H,20,21,22). The number of nitrogens with two attached hydrogens (primary N) is 1. The van der Waals surface area contributed by atoms with Gasteiger partial charge < -0.3 is 15.5 Å². The van der Waals surface area contributed by atoms with Gasteiger partial charge >= 0.3 is 0 Å². The van der Waals surface area contributed by atoms with Gasteiger partial charge in [0.25, 0.3) is 5.56 Å². The summed E-state index contributed by atoms with van der Waals surface area (Å²) in [6, 6.07) is 14.6. The Bertz CT molecular complexity index is 899. The van der Waals surface area contributed by atoms with Crippen molar-refractivity contribution in [2.24, 2.45) is 0 Å². The number of nitrogen functional groups attached to an aromatic ring is 1. The molecule has 3 N–H and O–H groups in total. The molecular weight excluding hydrogens is 290 g/mol.